The minimum atomic E-state index is -2.05. The van der Waals surface area contributed by atoms with Gasteiger partial charge in [0.25, 0.3) is 0 Å². The van der Waals surface area contributed by atoms with Crippen molar-refractivity contribution in [1.82, 2.24) is 26.2 Å². The third-order valence-corrected chi connectivity index (χ3v) is 5.58. The standard InChI is InChI=1S/C22H43N5O5S/c1-10-18(24-11-2)14-19(25-16(5)17(6)31-8)27(12-13-33(29)30)22(32-9)26-21(28)20(23-7)15(3)4/h10,14-15,17,19-20,22-25H,1,5,11-13H2,2-4,6-9H3,(H,26,28)(H,29,30)/b18-14-/t17-,19?,20-,22?/m0/s1. The minimum absolute atomic E-state index is 0.0446. The fraction of sp³-hybridized carbons (Fsp3) is 0.682. The number of amides is 1. The van der Waals surface area contributed by atoms with Crippen molar-refractivity contribution in [2.45, 2.75) is 52.4 Å². The largest absolute Gasteiger partial charge is 0.385 e. The lowest BCUT2D eigenvalue weighted by atomic mass is 10.0. The zero-order valence-corrected chi connectivity index (χ0v) is 21.8. The van der Waals surface area contributed by atoms with Crippen LogP contribution in [-0.2, 0) is 25.3 Å². The Kier molecular flexibility index (Phi) is 15.9. The highest BCUT2D eigenvalue weighted by atomic mass is 32.2. The summed E-state index contributed by atoms with van der Waals surface area (Å²) in [7, 11) is 4.75. The Bertz CT molecular complexity index is 674. The van der Waals surface area contributed by atoms with E-state index < -0.39 is 29.6 Å². The highest BCUT2D eigenvalue weighted by Gasteiger charge is 2.30. The first-order valence-electron chi connectivity index (χ1n) is 11.0. The van der Waals surface area contributed by atoms with E-state index in [0.717, 1.165) is 5.70 Å². The first-order valence-corrected chi connectivity index (χ1v) is 12.2. The number of likely N-dealkylation sites (N-methyl/N-ethyl adjacent to an activating group) is 2. The fourth-order valence-electron chi connectivity index (χ4n) is 3.08. The van der Waals surface area contributed by atoms with Crippen molar-refractivity contribution in [3.8, 4) is 0 Å². The maximum absolute atomic E-state index is 12.9. The van der Waals surface area contributed by atoms with E-state index >= 15 is 0 Å². The molecular formula is C22H43N5O5S. The molecule has 0 aromatic carbocycles. The quantitative estimate of drug-likeness (QED) is 0.109. The molecule has 3 unspecified atom stereocenters. The SMILES string of the molecule is C=C/C(=C/C(NC(=C)[C@H](C)OC)N(CCS(=O)O)C(NC(=O)[C@@H](NC)C(C)C)OC)NCC. The van der Waals surface area contributed by atoms with Gasteiger partial charge in [0.05, 0.1) is 17.9 Å². The summed E-state index contributed by atoms with van der Waals surface area (Å²) in [5.74, 6) is -0.265. The topological polar surface area (TPSA) is 124 Å². The lowest BCUT2D eigenvalue weighted by Gasteiger charge is -2.38. The first kappa shape index (κ1) is 31.2. The Morgan fingerprint density at radius 1 is 1.21 bits per heavy atom. The monoisotopic (exact) mass is 489 g/mol. The van der Waals surface area contributed by atoms with Crippen LogP contribution in [0, 0.1) is 5.92 Å². The van der Waals surface area contributed by atoms with Gasteiger partial charge in [0, 0.05) is 38.7 Å². The van der Waals surface area contributed by atoms with Gasteiger partial charge in [0.2, 0.25) is 5.91 Å². The molecule has 5 N–H and O–H groups in total. The number of carbonyl (C=O) groups is 1. The van der Waals surface area contributed by atoms with Crippen molar-refractivity contribution >= 4 is 17.0 Å². The van der Waals surface area contributed by atoms with Crippen LogP contribution in [0.5, 0.6) is 0 Å². The molecule has 0 bridgehead atoms. The smallest absolute Gasteiger partial charge is 0.240 e. The average Bonchev–Trinajstić information content (AvgIpc) is 2.76. The second-order valence-electron chi connectivity index (χ2n) is 7.72. The van der Waals surface area contributed by atoms with Crippen molar-refractivity contribution in [3.05, 3.63) is 36.7 Å². The molecule has 11 heteroatoms. The van der Waals surface area contributed by atoms with Gasteiger partial charge in [0.15, 0.2) is 17.4 Å². The van der Waals surface area contributed by atoms with E-state index in [4.69, 9.17) is 9.47 Å². The molecule has 1 amide bonds. The van der Waals surface area contributed by atoms with Gasteiger partial charge in [-0.2, -0.15) is 0 Å². The van der Waals surface area contributed by atoms with E-state index in [1.54, 1.807) is 25.1 Å². The normalized spacial score (nSPS) is 16.6. The Morgan fingerprint density at radius 3 is 2.27 bits per heavy atom. The molecule has 10 nitrogen and oxygen atoms in total. The molecule has 0 heterocycles. The van der Waals surface area contributed by atoms with Gasteiger partial charge in [-0.3, -0.25) is 4.79 Å². The van der Waals surface area contributed by atoms with Crippen LogP contribution in [0.4, 0.5) is 0 Å². The summed E-state index contributed by atoms with van der Waals surface area (Å²) >= 11 is -2.05. The van der Waals surface area contributed by atoms with Gasteiger partial charge >= 0.3 is 0 Å². The molecular weight excluding hydrogens is 446 g/mol. The number of carbonyl (C=O) groups excluding carboxylic acids is 1. The third kappa shape index (κ3) is 11.3. The van der Waals surface area contributed by atoms with Gasteiger partial charge in [-0.1, -0.05) is 27.0 Å². The maximum Gasteiger partial charge on any atom is 0.240 e. The zero-order valence-electron chi connectivity index (χ0n) is 21.0. The summed E-state index contributed by atoms with van der Waals surface area (Å²) in [5.41, 5.74) is 1.32. The Morgan fingerprint density at radius 2 is 1.85 bits per heavy atom. The lowest BCUT2D eigenvalue weighted by Crippen LogP contribution is -2.60. The molecule has 0 rings (SSSR count). The van der Waals surface area contributed by atoms with Crippen molar-refractivity contribution in [2.75, 3.05) is 40.1 Å². The summed E-state index contributed by atoms with van der Waals surface area (Å²) in [6.45, 7) is 16.4. The van der Waals surface area contributed by atoms with Crippen LogP contribution in [0.25, 0.3) is 0 Å². The van der Waals surface area contributed by atoms with Gasteiger partial charge in [-0.25, -0.2) is 9.11 Å². The Balaban J connectivity index is 6.24. The molecule has 33 heavy (non-hydrogen) atoms. The van der Waals surface area contributed by atoms with Gasteiger partial charge in [-0.05, 0) is 39.0 Å². The number of hydrogen-bond acceptors (Lipinski definition) is 8. The van der Waals surface area contributed by atoms with E-state index in [1.807, 2.05) is 33.8 Å². The molecule has 0 fully saturated rings. The lowest BCUT2D eigenvalue weighted by molar-refractivity contribution is -0.136. The van der Waals surface area contributed by atoms with Crippen LogP contribution >= 0.6 is 0 Å². The van der Waals surface area contributed by atoms with Gasteiger partial charge < -0.3 is 35.3 Å². The minimum Gasteiger partial charge on any atom is -0.385 e. The Hall–Kier alpha value is -1.76. The molecule has 0 aliphatic carbocycles. The number of hydrogen-bond donors (Lipinski definition) is 5. The number of methoxy groups -OCH3 is 2. The molecule has 0 radical (unpaired) electrons. The summed E-state index contributed by atoms with van der Waals surface area (Å²) in [6, 6.07) is -0.438. The van der Waals surface area contributed by atoms with Crippen molar-refractivity contribution in [1.29, 1.82) is 0 Å². The van der Waals surface area contributed by atoms with Crippen LogP contribution in [0.15, 0.2) is 36.7 Å². The van der Waals surface area contributed by atoms with E-state index in [-0.39, 0.29) is 30.2 Å². The number of ether oxygens (including phenoxy) is 2. The van der Waals surface area contributed by atoms with E-state index in [0.29, 0.717) is 12.2 Å². The number of rotatable bonds is 18. The molecule has 0 saturated carbocycles. The molecule has 0 aromatic heterocycles. The summed E-state index contributed by atoms with van der Waals surface area (Å²) in [6.07, 6.45) is 1.73. The number of nitrogens with zero attached hydrogens (tertiary/aromatic N) is 1. The van der Waals surface area contributed by atoms with Crippen LogP contribution in [0.3, 0.4) is 0 Å². The zero-order chi connectivity index (χ0) is 25.6. The summed E-state index contributed by atoms with van der Waals surface area (Å²) < 4.78 is 31.9. The molecule has 0 aliphatic heterocycles. The number of nitrogens with one attached hydrogen (secondary N) is 4. The van der Waals surface area contributed by atoms with Gasteiger partial charge in [0.1, 0.15) is 6.17 Å². The molecule has 192 valence electrons. The molecule has 0 saturated heterocycles. The first-order chi connectivity index (χ1) is 15.6. The second-order valence-corrected chi connectivity index (χ2v) is 8.77. The molecule has 0 spiro atoms. The van der Waals surface area contributed by atoms with Gasteiger partial charge in [-0.15, -0.1) is 0 Å². The van der Waals surface area contributed by atoms with Crippen molar-refractivity contribution in [3.63, 3.8) is 0 Å². The average molecular weight is 490 g/mol. The highest BCUT2D eigenvalue weighted by Crippen LogP contribution is 2.12. The van der Waals surface area contributed by atoms with Crippen LogP contribution < -0.4 is 21.3 Å². The van der Waals surface area contributed by atoms with Crippen molar-refractivity contribution in [2.24, 2.45) is 5.92 Å². The molecule has 0 aliphatic rings. The van der Waals surface area contributed by atoms with Crippen molar-refractivity contribution < 1.29 is 23.0 Å². The summed E-state index contributed by atoms with van der Waals surface area (Å²) in [5, 5.41) is 12.4. The van der Waals surface area contributed by atoms with Crippen LogP contribution in [-0.4, -0.2) is 84.3 Å². The summed E-state index contributed by atoms with van der Waals surface area (Å²) in [4.78, 5) is 14.6. The highest BCUT2D eigenvalue weighted by molar-refractivity contribution is 7.79. The van der Waals surface area contributed by atoms with E-state index in [2.05, 4.69) is 34.4 Å². The maximum atomic E-state index is 12.9. The Labute approximate surface area is 201 Å². The second kappa shape index (κ2) is 16.8. The fourth-order valence-corrected chi connectivity index (χ4v) is 3.45. The molecule has 5 atom stereocenters. The predicted molar refractivity (Wildman–Crippen MR) is 133 cm³/mol. The van der Waals surface area contributed by atoms with E-state index in [9.17, 15) is 13.6 Å². The van der Waals surface area contributed by atoms with Crippen LogP contribution in [0.1, 0.15) is 27.7 Å². The van der Waals surface area contributed by atoms with Crippen LogP contribution in [0.2, 0.25) is 0 Å². The predicted octanol–water partition coefficient (Wildman–Crippen LogP) is 0.944. The number of allylic oxidation sites excluding steroid dienone is 1. The third-order valence-electron chi connectivity index (χ3n) is 5.05. The van der Waals surface area contributed by atoms with E-state index in [1.165, 1.54) is 7.11 Å². The molecule has 0 aromatic rings.